The fourth-order valence-corrected chi connectivity index (χ4v) is 1.77. The molecule has 1 aromatic heterocycles. The molecule has 0 aliphatic heterocycles. The van der Waals surface area contributed by atoms with E-state index in [1.165, 1.54) is 0 Å². The van der Waals surface area contributed by atoms with Gasteiger partial charge in [0.15, 0.2) is 11.6 Å². The molecular formula is C14H24N4O3. The summed E-state index contributed by atoms with van der Waals surface area (Å²) in [6.45, 7) is 4.46. The molecule has 7 nitrogen and oxygen atoms in total. The number of hydrogen-bond acceptors (Lipinski definition) is 6. The molecule has 118 valence electrons. The van der Waals surface area contributed by atoms with E-state index >= 15 is 0 Å². The number of aromatic nitrogens is 1. The second-order valence-electron chi connectivity index (χ2n) is 4.49. The van der Waals surface area contributed by atoms with E-state index in [-0.39, 0.29) is 5.84 Å². The van der Waals surface area contributed by atoms with Gasteiger partial charge in [-0.1, -0.05) is 12.1 Å². The molecule has 0 atom stereocenters. The Kier molecular flexibility index (Phi) is 7.96. The maximum absolute atomic E-state index is 8.64. The van der Waals surface area contributed by atoms with E-state index in [9.17, 15) is 0 Å². The summed E-state index contributed by atoms with van der Waals surface area (Å²) in [6, 6.07) is 3.73. The largest absolute Gasteiger partial charge is 0.490 e. The van der Waals surface area contributed by atoms with Crippen LogP contribution in [-0.4, -0.2) is 49.4 Å². The van der Waals surface area contributed by atoms with Crippen molar-refractivity contribution in [2.75, 3.05) is 38.3 Å². The van der Waals surface area contributed by atoms with Gasteiger partial charge >= 0.3 is 0 Å². The predicted molar refractivity (Wildman–Crippen MR) is 82.1 cm³/mol. The van der Waals surface area contributed by atoms with Gasteiger partial charge in [-0.2, -0.15) is 0 Å². The standard InChI is InChI=1S/C14H24N4O3/c1-3-10-21-12-5-4-7-16-14(12)18(9-11-20-2)8-6-13(15)17-19/h4-5,7,19H,3,6,8-11H2,1-2H3,(H2,15,17). The van der Waals surface area contributed by atoms with Crippen LogP contribution < -0.4 is 15.4 Å². The smallest absolute Gasteiger partial charge is 0.171 e. The quantitative estimate of drug-likeness (QED) is 0.294. The maximum Gasteiger partial charge on any atom is 0.171 e. The van der Waals surface area contributed by atoms with Crippen LogP contribution in [0.15, 0.2) is 23.5 Å². The zero-order valence-corrected chi connectivity index (χ0v) is 12.7. The van der Waals surface area contributed by atoms with Crippen LogP contribution in [0.1, 0.15) is 19.8 Å². The molecule has 0 aliphatic rings. The molecule has 0 spiro atoms. The van der Waals surface area contributed by atoms with Crippen molar-refractivity contribution in [3.05, 3.63) is 18.3 Å². The minimum absolute atomic E-state index is 0.185. The Morgan fingerprint density at radius 3 is 2.90 bits per heavy atom. The maximum atomic E-state index is 8.64. The van der Waals surface area contributed by atoms with Gasteiger partial charge in [0.1, 0.15) is 5.84 Å². The predicted octanol–water partition coefficient (Wildman–Crippen LogP) is 1.46. The number of nitrogens with two attached hydrogens (primary N) is 1. The highest BCUT2D eigenvalue weighted by molar-refractivity contribution is 5.80. The first-order chi connectivity index (χ1) is 10.2. The van der Waals surface area contributed by atoms with Gasteiger partial charge in [0.05, 0.1) is 13.2 Å². The van der Waals surface area contributed by atoms with Crippen LogP contribution in [0.4, 0.5) is 5.82 Å². The van der Waals surface area contributed by atoms with Crippen molar-refractivity contribution in [1.29, 1.82) is 0 Å². The Hall–Kier alpha value is -2.02. The second-order valence-corrected chi connectivity index (χ2v) is 4.49. The minimum Gasteiger partial charge on any atom is -0.490 e. The number of hydrogen-bond donors (Lipinski definition) is 2. The number of nitrogens with zero attached hydrogens (tertiary/aromatic N) is 3. The van der Waals surface area contributed by atoms with Crippen molar-refractivity contribution in [2.45, 2.75) is 19.8 Å². The van der Waals surface area contributed by atoms with Gasteiger partial charge in [-0.05, 0) is 18.6 Å². The topological polar surface area (TPSA) is 93.2 Å². The average Bonchev–Trinajstić information content (AvgIpc) is 2.53. The number of amidine groups is 1. The fourth-order valence-electron chi connectivity index (χ4n) is 1.77. The average molecular weight is 296 g/mol. The van der Waals surface area contributed by atoms with Crippen molar-refractivity contribution in [3.8, 4) is 5.75 Å². The Labute approximate surface area is 125 Å². The molecule has 3 N–H and O–H groups in total. The van der Waals surface area contributed by atoms with Gasteiger partial charge in [0.25, 0.3) is 0 Å². The summed E-state index contributed by atoms with van der Waals surface area (Å²) in [5.41, 5.74) is 5.54. The van der Waals surface area contributed by atoms with Gasteiger partial charge < -0.3 is 25.3 Å². The first-order valence-corrected chi connectivity index (χ1v) is 7.01. The number of ether oxygens (including phenoxy) is 2. The summed E-state index contributed by atoms with van der Waals surface area (Å²) in [5.74, 6) is 1.66. The van der Waals surface area contributed by atoms with E-state index < -0.39 is 0 Å². The van der Waals surface area contributed by atoms with Crippen molar-refractivity contribution in [1.82, 2.24) is 4.98 Å². The summed E-state index contributed by atoms with van der Waals surface area (Å²) in [5, 5.41) is 11.6. The van der Waals surface area contributed by atoms with Gasteiger partial charge in [0.2, 0.25) is 0 Å². The lowest BCUT2D eigenvalue weighted by Gasteiger charge is -2.25. The summed E-state index contributed by atoms with van der Waals surface area (Å²) in [4.78, 5) is 6.40. The van der Waals surface area contributed by atoms with E-state index in [1.54, 1.807) is 13.3 Å². The van der Waals surface area contributed by atoms with Crippen LogP contribution in [0.2, 0.25) is 0 Å². The summed E-state index contributed by atoms with van der Waals surface area (Å²) in [6.07, 6.45) is 3.08. The molecule has 7 heteroatoms. The molecule has 0 fully saturated rings. The summed E-state index contributed by atoms with van der Waals surface area (Å²) >= 11 is 0. The van der Waals surface area contributed by atoms with Crippen LogP contribution >= 0.6 is 0 Å². The van der Waals surface area contributed by atoms with Crippen LogP contribution in [0.25, 0.3) is 0 Å². The number of oxime groups is 1. The normalized spacial score (nSPS) is 11.4. The Morgan fingerprint density at radius 1 is 1.43 bits per heavy atom. The molecule has 1 rings (SSSR count). The van der Waals surface area contributed by atoms with E-state index in [4.69, 9.17) is 20.4 Å². The van der Waals surface area contributed by atoms with E-state index in [0.29, 0.717) is 32.7 Å². The zero-order valence-electron chi connectivity index (χ0n) is 12.7. The van der Waals surface area contributed by atoms with Gasteiger partial charge in [-0.3, -0.25) is 0 Å². The summed E-state index contributed by atoms with van der Waals surface area (Å²) in [7, 11) is 1.65. The molecule has 1 aromatic rings. The van der Waals surface area contributed by atoms with Crippen LogP contribution in [-0.2, 0) is 4.74 Å². The molecular weight excluding hydrogens is 272 g/mol. The lowest BCUT2D eigenvalue weighted by Crippen LogP contribution is -2.32. The van der Waals surface area contributed by atoms with Crippen LogP contribution in [0.5, 0.6) is 5.75 Å². The molecule has 0 aliphatic carbocycles. The van der Waals surface area contributed by atoms with Crippen molar-refractivity contribution in [2.24, 2.45) is 10.9 Å². The monoisotopic (exact) mass is 296 g/mol. The van der Waals surface area contributed by atoms with E-state index in [1.807, 2.05) is 17.0 Å². The molecule has 0 saturated heterocycles. The Bertz CT molecular complexity index is 440. The van der Waals surface area contributed by atoms with Crippen molar-refractivity contribution < 1.29 is 14.7 Å². The number of rotatable bonds is 10. The zero-order chi connectivity index (χ0) is 15.5. The Morgan fingerprint density at radius 2 is 2.24 bits per heavy atom. The molecule has 0 saturated carbocycles. The van der Waals surface area contributed by atoms with Gasteiger partial charge in [0, 0.05) is 32.8 Å². The number of methoxy groups -OCH3 is 1. The lowest BCUT2D eigenvalue weighted by molar-refractivity contribution is 0.205. The van der Waals surface area contributed by atoms with Crippen LogP contribution in [0, 0.1) is 0 Å². The second kappa shape index (κ2) is 9.82. The highest BCUT2D eigenvalue weighted by Crippen LogP contribution is 2.25. The molecule has 0 amide bonds. The third-order valence-corrected chi connectivity index (χ3v) is 2.84. The van der Waals surface area contributed by atoms with Gasteiger partial charge in [-0.25, -0.2) is 4.98 Å². The fraction of sp³-hybridized carbons (Fsp3) is 0.571. The SMILES string of the molecule is CCCOc1cccnc1N(CCOC)CC/C(N)=N/O. The first kappa shape index (κ1) is 17.0. The molecule has 21 heavy (non-hydrogen) atoms. The Balaban J connectivity index is 2.85. The lowest BCUT2D eigenvalue weighted by atomic mass is 10.3. The minimum atomic E-state index is 0.185. The van der Waals surface area contributed by atoms with E-state index in [0.717, 1.165) is 18.0 Å². The number of anilines is 1. The third-order valence-electron chi connectivity index (χ3n) is 2.84. The van der Waals surface area contributed by atoms with Gasteiger partial charge in [-0.15, -0.1) is 0 Å². The van der Waals surface area contributed by atoms with Crippen LogP contribution in [0.3, 0.4) is 0 Å². The molecule has 0 radical (unpaired) electrons. The molecule has 0 bridgehead atoms. The number of pyridine rings is 1. The van der Waals surface area contributed by atoms with E-state index in [2.05, 4.69) is 17.1 Å². The van der Waals surface area contributed by atoms with Crippen molar-refractivity contribution in [3.63, 3.8) is 0 Å². The summed E-state index contributed by atoms with van der Waals surface area (Å²) < 4.78 is 10.9. The third kappa shape index (κ3) is 5.86. The highest BCUT2D eigenvalue weighted by Gasteiger charge is 2.14. The first-order valence-electron chi connectivity index (χ1n) is 7.01. The molecule has 0 unspecified atom stereocenters. The van der Waals surface area contributed by atoms with Crippen molar-refractivity contribution >= 4 is 11.7 Å². The molecule has 1 heterocycles. The highest BCUT2D eigenvalue weighted by atomic mass is 16.5. The molecule has 0 aromatic carbocycles.